The molecule has 2 aromatic rings. The molecule has 2 aliphatic heterocycles. The van der Waals surface area contributed by atoms with E-state index in [0.717, 1.165) is 16.0 Å². The van der Waals surface area contributed by atoms with Gasteiger partial charge in [-0.25, -0.2) is 4.79 Å². The van der Waals surface area contributed by atoms with Gasteiger partial charge in [-0.1, -0.05) is 24.3 Å². The third-order valence-electron chi connectivity index (χ3n) is 7.09. The van der Waals surface area contributed by atoms with Gasteiger partial charge in [0, 0.05) is 24.6 Å². The van der Waals surface area contributed by atoms with E-state index in [1.165, 1.54) is 12.1 Å². The van der Waals surface area contributed by atoms with Crippen LogP contribution in [-0.4, -0.2) is 58.2 Å². The Balaban J connectivity index is 1.21. The number of rotatable bonds is 4. The maximum atomic E-state index is 13.3. The number of aryl methyl sites for hydroxylation is 1. The van der Waals surface area contributed by atoms with Crippen LogP contribution in [0.3, 0.4) is 0 Å². The number of aromatic hydroxyl groups is 1. The van der Waals surface area contributed by atoms with E-state index in [0.29, 0.717) is 44.3 Å². The third-order valence-corrected chi connectivity index (χ3v) is 7.09. The predicted octanol–water partition coefficient (Wildman–Crippen LogP) is 2.21. The first kappa shape index (κ1) is 21.2. The van der Waals surface area contributed by atoms with E-state index < -0.39 is 11.6 Å². The number of carbonyl (C=O) groups is 4. The molecule has 1 spiro atoms. The predicted molar refractivity (Wildman–Crippen MR) is 118 cm³/mol. The van der Waals surface area contributed by atoms with Gasteiger partial charge in [-0.05, 0) is 61.1 Å². The third kappa shape index (κ3) is 3.55. The normalized spacial score (nSPS) is 22.5. The molecule has 1 aliphatic carbocycles. The van der Waals surface area contributed by atoms with Gasteiger partial charge in [0.2, 0.25) is 5.91 Å². The van der Waals surface area contributed by atoms with Gasteiger partial charge in [-0.15, -0.1) is 0 Å². The number of carbonyl (C=O) groups excluding carboxylic acids is 4. The Hall–Kier alpha value is -3.68. The van der Waals surface area contributed by atoms with Crippen LogP contribution in [0.2, 0.25) is 0 Å². The molecular formula is C25H25N3O5. The second-order valence-corrected chi connectivity index (χ2v) is 8.95. The van der Waals surface area contributed by atoms with Crippen LogP contribution >= 0.6 is 0 Å². The SMILES string of the molecule is O=C(c1ccc(O)cc1)C1CCN(C(=O)CN2C(=O)N[C@]3(CCc4ccccc43)C2=O)CC1. The minimum atomic E-state index is -1.07. The van der Waals surface area contributed by atoms with Gasteiger partial charge in [-0.2, -0.15) is 0 Å². The van der Waals surface area contributed by atoms with E-state index in [9.17, 15) is 24.3 Å². The number of hydrogen-bond donors (Lipinski definition) is 2. The lowest BCUT2D eigenvalue weighted by Crippen LogP contribution is -2.47. The second kappa shape index (κ2) is 8.03. The molecule has 8 heteroatoms. The number of urea groups is 1. The molecule has 0 bridgehead atoms. The number of phenolic OH excluding ortho intramolecular Hbond substituents is 1. The van der Waals surface area contributed by atoms with E-state index in [1.54, 1.807) is 17.0 Å². The first-order valence-electron chi connectivity index (χ1n) is 11.2. The summed E-state index contributed by atoms with van der Waals surface area (Å²) in [4.78, 5) is 54.2. The fraction of sp³-hybridized carbons (Fsp3) is 0.360. The van der Waals surface area contributed by atoms with E-state index in [2.05, 4.69) is 5.32 Å². The summed E-state index contributed by atoms with van der Waals surface area (Å²) in [5.74, 6) is -0.762. The van der Waals surface area contributed by atoms with Crippen LogP contribution < -0.4 is 5.32 Å². The van der Waals surface area contributed by atoms with Crippen molar-refractivity contribution in [1.82, 2.24) is 15.1 Å². The number of imide groups is 1. The summed E-state index contributed by atoms with van der Waals surface area (Å²) in [6.45, 7) is 0.487. The summed E-state index contributed by atoms with van der Waals surface area (Å²) < 4.78 is 0. The highest BCUT2D eigenvalue weighted by molar-refractivity contribution is 6.10. The highest BCUT2D eigenvalue weighted by Gasteiger charge is 2.55. The van der Waals surface area contributed by atoms with E-state index in [4.69, 9.17) is 0 Å². The van der Waals surface area contributed by atoms with E-state index >= 15 is 0 Å². The lowest BCUT2D eigenvalue weighted by Gasteiger charge is -2.32. The lowest BCUT2D eigenvalue weighted by atomic mass is 9.89. The smallest absolute Gasteiger partial charge is 0.325 e. The quantitative estimate of drug-likeness (QED) is 0.552. The molecule has 8 nitrogen and oxygen atoms in total. The summed E-state index contributed by atoms with van der Waals surface area (Å²) in [5.41, 5.74) is 1.32. The van der Waals surface area contributed by atoms with Gasteiger partial charge in [0.25, 0.3) is 5.91 Å². The second-order valence-electron chi connectivity index (χ2n) is 8.95. The minimum absolute atomic E-state index is 0.00182. The van der Waals surface area contributed by atoms with Crippen molar-refractivity contribution < 1.29 is 24.3 Å². The Morgan fingerprint density at radius 2 is 1.73 bits per heavy atom. The van der Waals surface area contributed by atoms with E-state index in [1.807, 2.05) is 24.3 Å². The summed E-state index contributed by atoms with van der Waals surface area (Å²) in [6, 6.07) is 13.2. The molecule has 4 amide bonds. The van der Waals surface area contributed by atoms with Gasteiger partial charge in [-0.3, -0.25) is 19.3 Å². The Kier molecular flexibility index (Phi) is 5.15. The van der Waals surface area contributed by atoms with Crippen molar-refractivity contribution in [3.05, 3.63) is 65.2 Å². The number of ketones is 1. The zero-order valence-electron chi connectivity index (χ0n) is 18.1. The van der Waals surface area contributed by atoms with Crippen molar-refractivity contribution in [1.29, 1.82) is 0 Å². The average molecular weight is 447 g/mol. The highest BCUT2D eigenvalue weighted by atomic mass is 16.3. The molecule has 5 rings (SSSR count). The highest BCUT2D eigenvalue weighted by Crippen LogP contribution is 2.41. The Bertz CT molecular complexity index is 1140. The van der Waals surface area contributed by atoms with Gasteiger partial charge in [0.15, 0.2) is 5.78 Å². The van der Waals surface area contributed by atoms with Crippen LogP contribution in [0.4, 0.5) is 4.79 Å². The molecule has 33 heavy (non-hydrogen) atoms. The molecule has 2 N–H and O–H groups in total. The topological polar surface area (TPSA) is 107 Å². The van der Waals surface area contributed by atoms with E-state index in [-0.39, 0.29) is 35.8 Å². The molecule has 0 radical (unpaired) electrons. The number of Topliss-reactive ketones (excluding diaryl/α,β-unsaturated/α-hetero) is 1. The molecule has 0 aromatic heterocycles. The van der Waals surface area contributed by atoms with Gasteiger partial charge in [0.05, 0.1) is 0 Å². The number of amides is 4. The molecule has 0 unspecified atom stereocenters. The van der Waals surface area contributed by atoms with Gasteiger partial charge in [0.1, 0.15) is 17.8 Å². The Labute approximate surface area is 191 Å². The molecule has 3 aliphatic rings. The van der Waals surface area contributed by atoms with Crippen molar-refractivity contribution in [3.63, 3.8) is 0 Å². The number of nitrogens with one attached hydrogen (secondary N) is 1. The van der Waals surface area contributed by atoms with Crippen LogP contribution in [0.5, 0.6) is 5.75 Å². The van der Waals surface area contributed by atoms with Gasteiger partial charge < -0.3 is 15.3 Å². The number of likely N-dealkylation sites (tertiary alicyclic amines) is 1. The molecule has 2 saturated heterocycles. The van der Waals surface area contributed by atoms with Crippen molar-refractivity contribution in [2.75, 3.05) is 19.6 Å². The van der Waals surface area contributed by atoms with Crippen LogP contribution in [0.15, 0.2) is 48.5 Å². The first-order chi connectivity index (χ1) is 15.9. The molecular weight excluding hydrogens is 422 g/mol. The molecule has 1 atom stereocenters. The summed E-state index contributed by atoms with van der Waals surface area (Å²) in [6.07, 6.45) is 2.23. The summed E-state index contributed by atoms with van der Waals surface area (Å²) in [5, 5.41) is 12.2. The minimum Gasteiger partial charge on any atom is -0.508 e. The summed E-state index contributed by atoms with van der Waals surface area (Å²) >= 11 is 0. The molecule has 170 valence electrons. The fourth-order valence-electron chi connectivity index (χ4n) is 5.22. The number of benzene rings is 2. The largest absolute Gasteiger partial charge is 0.508 e. The number of hydrogen-bond acceptors (Lipinski definition) is 5. The van der Waals surface area contributed by atoms with Crippen LogP contribution in [0.25, 0.3) is 0 Å². The molecule has 2 heterocycles. The van der Waals surface area contributed by atoms with Crippen LogP contribution in [-0.2, 0) is 21.5 Å². The monoisotopic (exact) mass is 447 g/mol. The molecule has 2 aromatic carbocycles. The zero-order valence-corrected chi connectivity index (χ0v) is 18.1. The number of piperidine rings is 1. The van der Waals surface area contributed by atoms with Crippen molar-refractivity contribution in [2.24, 2.45) is 5.92 Å². The molecule has 2 fully saturated rings. The standard InChI is InChI=1S/C25H25N3O5/c29-19-7-5-17(6-8-19)22(31)18-10-13-27(14-11-18)21(30)15-28-23(32)25(26-24(28)33)12-9-16-3-1-2-4-20(16)25/h1-8,18,29H,9-15H2,(H,26,33)/t25-/m0/s1. The first-order valence-corrected chi connectivity index (χ1v) is 11.2. The maximum absolute atomic E-state index is 13.3. The molecule has 0 saturated carbocycles. The summed E-state index contributed by atoms with van der Waals surface area (Å²) in [7, 11) is 0. The average Bonchev–Trinajstić information content (AvgIpc) is 3.32. The zero-order chi connectivity index (χ0) is 23.2. The fourth-order valence-corrected chi connectivity index (χ4v) is 5.22. The Morgan fingerprint density at radius 3 is 2.45 bits per heavy atom. The van der Waals surface area contributed by atoms with Crippen LogP contribution in [0.1, 0.15) is 40.7 Å². The van der Waals surface area contributed by atoms with Crippen LogP contribution in [0, 0.1) is 5.92 Å². The number of nitrogens with zero attached hydrogens (tertiary/aromatic N) is 2. The van der Waals surface area contributed by atoms with Crippen molar-refractivity contribution in [3.8, 4) is 5.75 Å². The lowest BCUT2D eigenvalue weighted by molar-refractivity contribution is -0.139. The van der Waals surface area contributed by atoms with Crippen molar-refractivity contribution >= 4 is 23.6 Å². The number of fused-ring (bicyclic) bond motifs is 2. The maximum Gasteiger partial charge on any atom is 0.325 e. The Morgan fingerprint density at radius 1 is 1.03 bits per heavy atom. The number of phenols is 1. The van der Waals surface area contributed by atoms with Crippen molar-refractivity contribution in [2.45, 2.75) is 31.2 Å². The van der Waals surface area contributed by atoms with Gasteiger partial charge >= 0.3 is 6.03 Å².